The largest absolute Gasteiger partial charge is 0.382 e. The van der Waals surface area contributed by atoms with Crippen LogP contribution < -0.4 is 11.1 Å². The molecule has 166 valence electrons. The van der Waals surface area contributed by atoms with Gasteiger partial charge in [0.05, 0.1) is 11.3 Å². The number of fused-ring (bicyclic) bond motifs is 1. The molecule has 1 atom stereocenters. The Morgan fingerprint density at radius 2 is 2.09 bits per heavy atom. The fourth-order valence-electron chi connectivity index (χ4n) is 4.33. The zero-order valence-electron chi connectivity index (χ0n) is 17.1. The number of nitrogens with zero attached hydrogens (tertiary/aromatic N) is 5. The van der Waals surface area contributed by atoms with Gasteiger partial charge in [-0.1, -0.05) is 23.7 Å². The van der Waals surface area contributed by atoms with Crippen molar-refractivity contribution in [2.45, 2.75) is 38.4 Å². The van der Waals surface area contributed by atoms with Crippen molar-refractivity contribution in [2.75, 3.05) is 12.3 Å². The molecular weight excluding hydrogens is 437 g/mol. The number of likely N-dealkylation sites (tertiary alicyclic amines) is 1. The van der Waals surface area contributed by atoms with E-state index in [0.717, 1.165) is 12.8 Å². The van der Waals surface area contributed by atoms with Crippen LogP contribution in [0.2, 0.25) is 5.02 Å². The van der Waals surface area contributed by atoms with Crippen molar-refractivity contribution in [2.24, 2.45) is 5.41 Å². The molecule has 1 aromatic carbocycles. The lowest BCUT2D eigenvalue weighted by Gasteiger charge is -2.24. The van der Waals surface area contributed by atoms with Gasteiger partial charge in [0.15, 0.2) is 11.5 Å². The molecule has 1 saturated carbocycles. The van der Waals surface area contributed by atoms with Crippen LogP contribution in [0.1, 0.15) is 24.8 Å². The highest BCUT2D eigenvalue weighted by atomic mass is 35.5. The molecule has 32 heavy (non-hydrogen) atoms. The van der Waals surface area contributed by atoms with Gasteiger partial charge in [0, 0.05) is 18.7 Å². The smallest absolute Gasteiger partial charge is 0.243 e. The average molecular weight is 458 g/mol. The second-order valence-corrected chi connectivity index (χ2v) is 8.88. The van der Waals surface area contributed by atoms with Gasteiger partial charge in [0.25, 0.3) is 0 Å². The minimum atomic E-state index is -0.610. The van der Waals surface area contributed by atoms with Gasteiger partial charge in [-0.2, -0.15) is 0 Å². The first kappa shape index (κ1) is 20.6. The third-order valence-corrected chi connectivity index (χ3v) is 6.60. The number of aromatic nitrogens is 4. The Morgan fingerprint density at radius 3 is 2.88 bits per heavy atom. The van der Waals surface area contributed by atoms with Crippen molar-refractivity contribution in [3.63, 3.8) is 0 Å². The van der Waals surface area contributed by atoms with Gasteiger partial charge in [-0.3, -0.25) is 9.59 Å². The minimum absolute atomic E-state index is 0.000881. The van der Waals surface area contributed by atoms with Crippen molar-refractivity contribution >= 4 is 40.4 Å². The first-order chi connectivity index (χ1) is 15.4. The van der Waals surface area contributed by atoms with Crippen LogP contribution in [-0.4, -0.2) is 48.8 Å². The molecule has 0 radical (unpaired) electrons. The molecule has 3 N–H and O–H groups in total. The number of halogens is 2. The first-order valence-corrected chi connectivity index (χ1v) is 10.7. The number of nitrogens with two attached hydrogens (primary N) is 1. The van der Waals surface area contributed by atoms with Gasteiger partial charge >= 0.3 is 0 Å². The monoisotopic (exact) mass is 457 g/mol. The molecule has 9 nitrogen and oxygen atoms in total. The second kappa shape index (κ2) is 7.70. The van der Waals surface area contributed by atoms with Crippen molar-refractivity contribution < 1.29 is 14.0 Å². The Morgan fingerprint density at radius 1 is 1.28 bits per heavy atom. The summed E-state index contributed by atoms with van der Waals surface area (Å²) in [4.78, 5) is 40.1. The van der Waals surface area contributed by atoms with E-state index in [4.69, 9.17) is 17.3 Å². The summed E-state index contributed by atoms with van der Waals surface area (Å²) >= 11 is 5.82. The summed E-state index contributed by atoms with van der Waals surface area (Å²) in [6.07, 6.45) is 5.39. The number of carbonyl (C=O) groups excluding carboxylic acids is 2. The molecule has 2 fully saturated rings. The second-order valence-electron chi connectivity index (χ2n) is 8.48. The maximum Gasteiger partial charge on any atom is 0.243 e. The normalized spacial score (nSPS) is 18.9. The van der Waals surface area contributed by atoms with Crippen molar-refractivity contribution in [1.29, 1.82) is 0 Å². The van der Waals surface area contributed by atoms with Gasteiger partial charge < -0.3 is 20.5 Å². The zero-order valence-corrected chi connectivity index (χ0v) is 17.8. The lowest BCUT2D eigenvalue weighted by atomic mass is 10.0. The van der Waals surface area contributed by atoms with E-state index in [2.05, 4.69) is 20.3 Å². The number of nitrogens with one attached hydrogen (secondary N) is 1. The molecule has 2 aliphatic rings. The summed E-state index contributed by atoms with van der Waals surface area (Å²) < 4.78 is 15.8. The quantitative estimate of drug-likeness (QED) is 0.604. The maximum atomic E-state index is 14.2. The van der Waals surface area contributed by atoms with Crippen LogP contribution in [0, 0.1) is 11.2 Å². The van der Waals surface area contributed by atoms with Gasteiger partial charge in [-0.25, -0.2) is 19.3 Å². The number of anilines is 1. The summed E-state index contributed by atoms with van der Waals surface area (Å²) in [5, 5.41) is 2.77. The van der Waals surface area contributed by atoms with Crippen LogP contribution in [-0.2, 0) is 22.7 Å². The molecule has 2 amide bonds. The number of hydrogen-bond acceptors (Lipinski definition) is 6. The highest BCUT2D eigenvalue weighted by molar-refractivity contribution is 6.30. The van der Waals surface area contributed by atoms with Crippen LogP contribution in [0.25, 0.3) is 11.2 Å². The van der Waals surface area contributed by atoms with Crippen molar-refractivity contribution in [1.82, 2.24) is 29.7 Å². The van der Waals surface area contributed by atoms with E-state index in [1.165, 1.54) is 18.7 Å². The molecule has 0 bridgehead atoms. The van der Waals surface area contributed by atoms with E-state index in [-0.39, 0.29) is 41.2 Å². The molecule has 1 aliphatic heterocycles. The molecule has 1 saturated heterocycles. The SMILES string of the molecule is Nc1ncnc2c1ncn2CC(=O)N1CC2(CC2)CC1C(=O)NCc1cccc(Cl)c1F. The maximum absolute atomic E-state index is 14.2. The van der Waals surface area contributed by atoms with Gasteiger partial charge in [0.2, 0.25) is 11.8 Å². The Kier molecular flexibility index (Phi) is 4.96. The van der Waals surface area contributed by atoms with Crippen LogP contribution >= 0.6 is 11.6 Å². The number of hydrogen-bond donors (Lipinski definition) is 2. The predicted molar refractivity (Wildman–Crippen MR) is 115 cm³/mol. The summed E-state index contributed by atoms with van der Waals surface area (Å²) in [6, 6.07) is 4.04. The van der Waals surface area contributed by atoms with Gasteiger partial charge in [-0.15, -0.1) is 0 Å². The molecular formula is C21H21ClFN7O2. The van der Waals surface area contributed by atoms with Crippen LogP contribution in [0.5, 0.6) is 0 Å². The Bertz CT molecular complexity index is 1230. The number of benzene rings is 1. The number of amides is 2. The van der Waals surface area contributed by atoms with E-state index < -0.39 is 11.9 Å². The number of imidazole rings is 1. The highest BCUT2D eigenvalue weighted by Gasteiger charge is 2.55. The molecule has 2 aromatic heterocycles. The standard InChI is InChI=1S/C21H21ClFN7O2/c22-13-3-1-2-12(16(13)23)7-25-20(32)14-6-21(4-5-21)9-30(14)15(31)8-29-11-28-17-18(24)26-10-27-19(17)29/h1-3,10-11,14H,4-9H2,(H,25,32)(H2,24,26,27). The molecule has 1 spiro atoms. The molecule has 1 unspecified atom stereocenters. The average Bonchev–Trinajstić information content (AvgIpc) is 3.22. The zero-order chi connectivity index (χ0) is 22.5. The third kappa shape index (κ3) is 3.64. The fourth-order valence-corrected chi connectivity index (χ4v) is 4.52. The van der Waals surface area contributed by atoms with Gasteiger partial charge in [0.1, 0.15) is 30.2 Å². The summed E-state index contributed by atoms with van der Waals surface area (Å²) in [6.45, 7) is 0.508. The third-order valence-electron chi connectivity index (χ3n) is 6.31. The van der Waals surface area contributed by atoms with Gasteiger partial charge in [-0.05, 0) is 30.7 Å². The molecule has 1 aliphatic carbocycles. The number of rotatable bonds is 5. The lowest BCUT2D eigenvalue weighted by molar-refractivity contribution is -0.139. The summed E-state index contributed by atoms with van der Waals surface area (Å²) in [5.41, 5.74) is 7.01. The Balaban J connectivity index is 1.31. The van der Waals surface area contributed by atoms with E-state index >= 15 is 0 Å². The molecule has 11 heteroatoms. The predicted octanol–water partition coefficient (Wildman–Crippen LogP) is 1.90. The molecule has 3 aromatic rings. The summed E-state index contributed by atoms with van der Waals surface area (Å²) in [5.74, 6) is -0.826. The molecule has 3 heterocycles. The van der Waals surface area contributed by atoms with Crippen LogP contribution in [0.3, 0.4) is 0 Å². The first-order valence-electron chi connectivity index (χ1n) is 10.3. The van der Waals surface area contributed by atoms with Crippen LogP contribution in [0.4, 0.5) is 10.2 Å². The summed E-state index contributed by atoms with van der Waals surface area (Å²) in [7, 11) is 0. The fraction of sp³-hybridized carbons (Fsp3) is 0.381. The van der Waals surface area contributed by atoms with E-state index in [1.54, 1.807) is 21.6 Å². The van der Waals surface area contributed by atoms with E-state index in [0.29, 0.717) is 29.7 Å². The minimum Gasteiger partial charge on any atom is -0.382 e. The van der Waals surface area contributed by atoms with Crippen LogP contribution in [0.15, 0.2) is 30.9 Å². The van der Waals surface area contributed by atoms with E-state index in [1.807, 2.05) is 0 Å². The highest BCUT2D eigenvalue weighted by Crippen LogP contribution is 2.54. The lowest BCUT2D eigenvalue weighted by Crippen LogP contribution is -2.46. The molecule has 5 rings (SSSR count). The van der Waals surface area contributed by atoms with E-state index in [9.17, 15) is 14.0 Å². The van der Waals surface area contributed by atoms with Crippen molar-refractivity contribution in [3.05, 3.63) is 47.3 Å². The number of carbonyl (C=O) groups is 2. The Labute approximate surface area is 187 Å². The number of nitrogen functional groups attached to an aromatic ring is 1. The van der Waals surface area contributed by atoms with Crippen molar-refractivity contribution in [3.8, 4) is 0 Å². The topological polar surface area (TPSA) is 119 Å². The Hall–Kier alpha value is -3.27.